The van der Waals surface area contributed by atoms with Crippen LogP contribution in [0, 0.1) is 6.92 Å². The van der Waals surface area contributed by atoms with Gasteiger partial charge in [0.1, 0.15) is 18.0 Å². The van der Waals surface area contributed by atoms with E-state index in [-0.39, 0.29) is 11.7 Å². The topological polar surface area (TPSA) is 112 Å². The van der Waals surface area contributed by atoms with E-state index in [1.54, 1.807) is 20.0 Å². The van der Waals surface area contributed by atoms with Crippen LogP contribution in [0.25, 0.3) is 22.4 Å². The maximum Gasteiger partial charge on any atom is 0.326 e. The number of aliphatic hydroxyl groups is 1. The summed E-state index contributed by atoms with van der Waals surface area (Å²) in [6.45, 7) is 5.36. The van der Waals surface area contributed by atoms with Gasteiger partial charge >= 0.3 is 5.97 Å². The Morgan fingerprint density at radius 3 is 2.72 bits per heavy atom. The van der Waals surface area contributed by atoms with E-state index in [4.69, 9.17) is 9.72 Å². The highest BCUT2D eigenvalue weighted by molar-refractivity contribution is 5.81. The molecule has 36 heavy (non-hydrogen) atoms. The predicted molar refractivity (Wildman–Crippen MR) is 140 cm³/mol. The molecule has 1 fully saturated rings. The van der Waals surface area contributed by atoms with Gasteiger partial charge in [0.2, 0.25) is 0 Å². The minimum absolute atomic E-state index is 0.0435. The second-order valence-electron chi connectivity index (χ2n) is 10.1. The third-order valence-corrected chi connectivity index (χ3v) is 6.78. The molecule has 1 aromatic carbocycles. The number of likely N-dealkylation sites (N-methyl/N-ethyl adjacent to an activating group) is 1. The zero-order valence-corrected chi connectivity index (χ0v) is 21.6. The number of aromatic nitrogens is 3. The Balaban J connectivity index is 1.57. The molecule has 9 nitrogen and oxygen atoms in total. The van der Waals surface area contributed by atoms with Gasteiger partial charge in [-0.1, -0.05) is 6.07 Å². The average Bonchev–Trinajstić information content (AvgIpc) is 3.46. The maximum absolute atomic E-state index is 12.7. The van der Waals surface area contributed by atoms with Crippen LogP contribution < -0.4 is 10.9 Å². The van der Waals surface area contributed by atoms with Crippen LogP contribution in [0.4, 0.5) is 0 Å². The number of aromatic amines is 1. The standard InChI is InChI=1S/C27H37N5O4/c1-17-13-20(16-29-26(17)34)25-30-22-14-19(9-10-23(22)32(25)12-11-31(3)4)15-28-24(18(2)33)27(35)36-21-7-5-6-8-21/h9-10,13-14,16,18,21,24,28,33H,5-8,11-12,15H2,1-4H3,(H,29,34). The van der Waals surface area contributed by atoms with Crippen molar-refractivity contribution in [3.8, 4) is 11.4 Å². The number of rotatable bonds is 10. The number of ether oxygens (including phenoxy) is 1. The van der Waals surface area contributed by atoms with E-state index < -0.39 is 18.1 Å². The summed E-state index contributed by atoms with van der Waals surface area (Å²) in [6.07, 6.45) is 4.72. The monoisotopic (exact) mass is 495 g/mol. The Bertz CT molecular complexity index is 1260. The Hall–Kier alpha value is -3.01. The van der Waals surface area contributed by atoms with Crippen molar-refractivity contribution in [1.29, 1.82) is 0 Å². The van der Waals surface area contributed by atoms with Crippen LogP contribution in [0.1, 0.15) is 43.7 Å². The summed E-state index contributed by atoms with van der Waals surface area (Å²) in [7, 11) is 4.06. The Kier molecular flexibility index (Phi) is 8.23. The molecular formula is C27H37N5O4. The molecule has 2 unspecified atom stereocenters. The number of hydrogen-bond donors (Lipinski definition) is 3. The van der Waals surface area contributed by atoms with Gasteiger partial charge in [-0.15, -0.1) is 0 Å². The zero-order chi connectivity index (χ0) is 25.8. The first kappa shape index (κ1) is 26.1. The van der Waals surface area contributed by atoms with Crippen LogP contribution in [-0.2, 0) is 22.6 Å². The number of benzene rings is 1. The van der Waals surface area contributed by atoms with Gasteiger partial charge in [0.15, 0.2) is 0 Å². The first-order chi connectivity index (χ1) is 17.2. The number of nitrogens with one attached hydrogen (secondary N) is 2. The van der Waals surface area contributed by atoms with Gasteiger partial charge in [0.05, 0.1) is 17.1 Å². The number of fused-ring (bicyclic) bond motifs is 1. The van der Waals surface area contributed by atoms with Crippen molar-refractivity contribution in [2.75, 3.05) is 20.6 Å². The van der Waals surface area contributed by atoms with Crippen molar-refractivity contribution in [3.63, 3.8) is 0 Å². The molecule has 2 atom stereocenters. The molecule has 0 spiro atoms. The molecule has 2 aromatic heterocycles. The lowest BCUT2D eigenvalue weighted by atomic mass is 10.1. The highest BCUT2D eigenvalue weighted by atomic mass is 16.5. The molecule has 4 rings (SSSR count). The highest BCUT2D eigenvalue weighted by Crippen LogP contribution is 2.26. The second-order valence-corrected chi connectivity index (χ2v) is 10.1. The molecule has 2 heterocycles. The molecule has 9 heteroatoms. The fourth-order valence-electron chi connectivity index (χ4n) is 4.68. The molecule has 0 aliphatic heterocycles. The van der Waals surface area contributed by atoms with Gasteiger partial charge in [-0.25, -0.2) is 4.98 Å². The Labute approximate surface area is 211 Å². The van der Waals surface area contributed by atoms with Crippen molar-refractivity contribution in [1.82, 2.24) is 24.8 Å². The van der Waals surface area contributed by atoms with E-state index >= 15 is 0 Å². The average molecular weight is 496 g/mol. The fraction of sp³-hybridized carbons (Fsp3) is 0.519. The minimum atomic E-state index is -0.872. The summed E-state index contributed by atoms with van der Waals surface area (Å²) in [6, 6.07) is 7.10. The van der Waals surface area contributed by atoms with Gasteiger partial charge in [-0.05, 0) is 77.4 Å². The van der Waals surface area contributed by atoms with Crippen LogP contribution in [0.5, 0.6) is 0 Å². The summed E-state index contributed by atoms with van der Waals surface area (Å²) in [5.41, 5.74) is 4.15. The lowest BCUT2D eigenvalue weighted by molar-refractivity contribution is -0.154. The minimum Gasteiger partial charge on any atom is -0.461 e. The molecule has 0 bridgehead atoms. The molecule has 1 aliphatic carbocycles. The van der Waals surface area contributed by atoms with E-state index in [1.807, 2.05) is 38.4 Å². The van der Waals surface area contributed by atoms with E-state index in [0.29, 0.717) is 12.1 Å². The highest BCUT2D eigenvalue weighted by Gasteiger charge is 2.28. The van der Waals surface area contributed by atoms with Gasteiger partial charge < -0.3 is 24.3 Å². The van der Waals surface area contributed by atoms with Crippen LogP contribution in [0.3, 0.4) is 0 Å². The number of esters is 1. The number of imidazole rings is 1. The molecule has 194 valence electrons. The number of carbonyl (C=O) groups is 1. The number of aliphatic hydroxyl groups excluding tert-OH is 1. The summed E-state index contributed by atoms with van der Waals surface area (Å²) in [5, 5.41) is 13.4. The van der Waals surface area contributed by atoms with Gasteiger partial charge in [-0.2, -0.15) is 0 Å². The molecular weight excluding hydrogens is 458 g/mol. The van der Waals surface area contributed by atoms with Crippen LogP contribution in [-0.4, -0.2) is 69.4 Å². The number of nitrogens with zero attached hydrogens (tertiary/aromatic N) is 3. The van der Waals surface area contributed by atoms with Gasteiger partial charge in [0.25, 0.3) is 5.56 Å². The van der Waals surface area contributed by atoms with Gasteiger partial charge in [-0.3, -0.25) is 14.9 Å². The van der Waals surface area contributed by atoms with E-state index in [9.17, 15) is 14.7 Å². The van der Waals surface area contributed by atoms with E-state index in [2.05, 4.69) is 19.8 Å². The van der Waals surface area contributed by atoms with Gasteiger partial charge in [0, 0.05) is 37.0 Å². The van der Waals surface area contributed by atoms with E-state index in [0.717, 1.165) is 66.8 Å². The second kappa shape index (κ2) is 11.4. The molecule has 0 radical (unpaired) electrons. The number of H-pyrrole nitrogens is 1. The summed E-state index contributed by atoms with van der Waals surface area (Å²) in [5.74, 6) is 0.389. The fourth-order valence-corrected chi connectivity index (χ4v) is 4.68. The third-order valence-electron chi connectivity index (χ3n) is 6.78. The summed E-state index contributed by atoms with van der Waals surface area (Å²) >= 11 is 0. The van der Waals surface area contributed by atoms with Crippen molar-refractivity contribution < 1.29 is 14.6 Å². The normalized spacial score (nSPS) is 16.1. The SMILES string of the molecule is Cc1cc(-c2nc3cc(CNC(C(=O)OC4CCCC4)C(C)O)ccc3n2CCN(C)C)c[nH]c1=O. The summed E-state index contributed by atoms with van der Waals surface area (Å²) in [4.78, 5) is 34.4. The number of carbonyl (C=O) groups excluding carboxylic acids is 1. The molecule has 1 aliphatic rings. The van der Waals surface area contributed by atoms with Crippen LogP contribution >= 0.6 is 0 Å². The molecule has 0 saturated heterocycles. The first-order valence-corrected chi connectivity index (χ1v) is 12.7. The van der Waals surface area contributed by atoms with Crippen molar-refractivity contribution in [2.24, 2.45) is 0 Å². The first-order valence-electron chi connectivity index (χ1n) is 12.7. The van der Waals surface area contributed by atoms with E-state index in [1.165, 1.54) is 0 Å². The summed E-state index contributed by atoms with van der Waals surface area (Å²) < 4.78 is 7.78. The van der Waals surface area contributed by atoms with Crippen LogP contribution in [0.15, 0.2) is 35.3 Å². The number of hydrogen-bond acceptors (Lipinski definition) is 7. The predicted octanol–water partition coefficient (Wildman–Crippen LogP) is 2.59. The smallest absolute Gasteiger partial charge is 0.326 e. The van der Waals surface area contributed by atoms with Crippen molar-refractivity contribution in [3.05, 3.63) is 51.9 Å². The quantitative estimate of drug-likeness (QED) is 0.371. The third kappa shape index (κ3) is 6.03. The molecule has 1 saturated carbocycles. The molecule has 3 N–H and O–H groups in total. The Morgan fingerprint density at radius 1 is 1.31 bits per heavy atom. The largest absolute Gasteiger partial charge is 0.461 e. The maximum atomic E-state index is 12.7. The molecule has 3 aromatic rings. The lowest BCUT2D eigenvalue weighted by Crippen LogP contribution is -2.46. The Morgan fingerprint density at radius 2 is 2.06 bits per heavy atom. The van der Waals surface area contributed by atoms with Crippen molar-refractivity contribution in [2.45, 2.75) is 70.9 Å². The zero-order valence-electron chi connectivity index (χ0n) is 21.6. The molecule has 0 amide bonds. The number of aryl methyl sites for hydroxylation is 1. The lowest BCUT2D eigenvalue weighted by Gasteiger charge is -2.22. The van der Waals surface area contributed by atoms with Crippen molar-refractivity contribution >= 4 is 17.0 Å². The number of pyridine rings is 1. The van der Waals surface area contributed by atoms with Crippen LogP contribution in [0.2, 0.25) is 0 Å².